The molecule has 5 nitrogen and oxygen atoms in total. The number of carbonyl (C=O) groups excluding carboxylic acids is 2. The lowest BCUT2D eigenvalue weighted by Crippen LogP contribution is -2.51. The Balaban J connectivity index is 1.65. The maximum Gasteiger partial charge on any atom is 0.255 e. The van der Waals surface area contributed by atoms with Crippen molar-refractivity contribution in [1.29, 1.82) is 0 Å². The van der Waals surface area contributed by atoms with Crippen LogP contribution in [0, 0.1) is 0 Å². The molecule has 1 saturated carbocycles. The van der Waals surface area contributed by atoms with Gasteiger partial charge in [-0.3, -0.25) is 14.6 Å². The minimum Gasteiger partial charge on any atom is -0.352 e. The van der Waals surface area contributed by atoms with Gasteiger partial charge in [0.2, 0.25) is 5.91 Å². The van der Waals surface area contributed by atoms with Crippen LogP contribution in [0.1, 0.15) is 43.0 Å². The Kier molecular flexibility index (Phi) is 3.03. The molecule has 4 rings (SSSR count). The highest BCUT2D eigenvalue weighted by atomic mass is 16.2. The summed E-state index contributed by atoms with van der Waals surface area (Å²) in [5.41, 5.74) is 3.81. The number of amides is 2. The molecule has 1 aromatic heterocycles. The molecular weight excluding hydrogens is 278 g/mol. The zero-order chi connectivity index (χ0) is 15.3. The highest BCUT2D eigenvalue weighted by Crippen LogP contribution is 2.36. The van der Waals surface area contributed by atoms with Crippen LogP contribution in [0.4, 0.5) is 0 Å². The molecule has 1 aromatic rings. The van der Waals surface area contributed by atoms with E-state index in [2.05, 4.69) is 10.3 Å². The minimum absolute atomic E-state index is 0.0188. The average molecular weight is 297 g/mol. The number of carbonyl (C=O) groups is 2. The number of hydrogen-bond acceptors (Lipinski definition) is 3. The predicted octanol–water partition coefficient (Wildman–Crippen LogP) is 1.42. The van der Waals surface area contributed by atoms with Crippen molar-refractivity contribution >= 4 is 17.4 Å². The molecule has 0 unspecified atom stereocenters. The second kappa shape index (κ2) is 4.93. The fourth-order valence-electron chi connectivity index (χ4n) is 3.39. The van der Waals surface area contributed by atoms with Crippen LogP contribution in [0.3, 0.4) is 0 Å². The maximum absolute atomic E-state index is 12.8. The first-order valence-corrected chi connectivity index (χ1v) is 7.97. The summed E-state index contributed by atoms with van der Waals surface area (Å²) in [5.74, 6) is -0.0493. The lowest BCUT2D eigenvalue weighted by Gasteiger charge is -2.35. The third-order valence-electron chi connectivity index (χ3n) is 4.71. The predicted molar refractivity (Wildman–Crippen MR) is 81.7 cm³/mol. The molecule has 2 amide bonds. The number of nitrogens with zero attached hydrogens (tertiary/aromatic N) is 2. The number of rotatable bonds is 4. The number of hydrogen-bond donors (Lipinski definition) is 1. The van der Waals surface area contributed by atoms with Gasteiger partial charge in [-0.2, -0.15) is 0 Å². The molecule has 2 heterocycles. The molecule has 1 atom stereocenters. The second-order valence-corrected chi connectivity index (χ2v) is 6.25. The van der Waals surface area contributed by atoms with E-state index in [1.54, 1.807) is 11.1 Å². The van der Waals surface area contributed by atoms with Crippen molar-refractivity contribution in [3.05, 3.63) is 35.2 Å². The Morgan fingerprint density at radius 2 is 2.32 bits per heavy atom. The fourth-order valence-corrected chi connectivity index (χ4v) is 3.39. The largest absolute Gasteiger partial charge is 0.352 e. The Morgan fingerprint density at radius 1 is 1.50 bits per heavy atom. The summed E-state index contributed by atoms with van der Waals surface area (Å²) >= 11 is 0. The van der Waals surface area contributed by atoms with Crippen LogP contribution in [0.15, 0.2) is 18.3 Å². The third kappa shape index (κ3) is 2.03. The SMILES string of the molecule is CC[C@H](C(=O)NC1CC1)N1Cc2ccnc3c2C(=CC3)C1=O. The standard InChI is InChI=1S/C17H19N3O2/c1-2-14(16(21)19-11-3-4-11)20-9-10-7-8-18-13-6-5-12(15(10)13)17(20)22/h5,7-8,11,14H,2-4,6,9H2,1H3,(H,19,21)/t14-/m1/s1. The quantitative estimate of drug-likeness (QED) is 0.914. The van der Waals surface area contributed by atoms with E-state index >= 15 is 0 Å². The van der Waals surface area contributed by atoms with E-state index in [0.717, 1.165) is 35.2 Å². The van der Waals surface area contributed by atoms with Crippen LogP contribution >= 0.6 is 0 Å². The number of allylic oxidation sites excluding steroid dienone is 1. The van der Waals surface area contributed by atoms with Gasteiger partial charge in [0.05, 0.1) is 5.69 Å². The van der Waals surface area contributed by atoms with Gasteiger partial charge in [-0.25, -0.2) is 0 Å². The highest BCUT2D eigenvalue weighted by molar-refractivity contribution is 6.22. The first-order chi connectivity index (χ1) is 10.7. The van der Waals surface area contributed by atoms with Gasteiger partial charge in [-0.1, -0.05) is 13.0 Å². The summed E-state index contributed by atoms with van der Waals surface area (Å²) in [7, 11) is 0. The third-order valence-corrected chi connectivity index (χ3v) is 4.71. The Labute approximate surface area is 129 Å². The second-order valence-electron chi connectivity index (χ2n) is 6.25. The summed E-state index contributed by atoms with van der Waals surface area (Å²) in [6.45, 7) is 2.46. The van der Waals surface area contributed by atoms with Gasteiger partial charge in [0, 0.05) is 36.3 Å². The molecule has 1 aliphatic heterocycles. The van der Waals surface area contributed by atoms with Gasteiger partial charge in [0.1, 0.15) is 6.04 Å². The van der Waals surface area contributed by atoms with Crippen molar-refractivity contribution in [3.8, 4) is 0 Å². The van der Waals surface area contributed by atoms with E-state index in [9.17, 15) is 9.59 Å². The molecule has 0 radical (unpaired) electrons. The molecule has 0 aromatic carbocycles. The van der Waals surface area contributed by atoms with E-state index < -0.39 is 0 Å². The van der Waals surface area contributed by atoms with Gasteiger partial charge < -0.3 is 10.2 Å². The molecular formula is C17H19N3O2. The summed E-state index contributed by atoms with van der Waals surface area (Å²) in [5, 5.41) is 3.03. The molecule has 2 aliphatic carbocycles. The van der Waals surface area contributed by atoms with Crippen molar-refractivity contribution in [2.75, 3.05) is 0 Å². The van der Waals surface area contributed by atoms with Gasteiger partial charge in [0.15, 0.2) is 0 Å². The van der Waals surface area contributed by atoms with E-state index in [0.29, 0.717) is 25.4 Å². The normalized spacial score (nSPS) is 20.5. The molecule has 0 saturated heterocycles. The first-order valence-electron chi connectivity index (χ1n) is 7.97. The van der Waals surface area contributed by atoms with Gasteiger partial charge in [-0.15, -0.1) is 0 Å². The van der Waals surface area contributed by atoms with Crippen molar-refractivity contribution in [2.24, 2.45) is 0 Å². The summed E-state index contributed by atoms with van der Waals surface area (Å²) in [6.07, 6.45) is 7.19. The van der Waals surface area contributed by atoms with Crippen molar-refractivity contribution < 1.29 is 9.59 Å². The fraction of sp³-hybridized carbons (Fsp3) is 0.471. The van der Waals surface area contributed by atoms with E-state index in [-0.39, 0.29) is 17.9 Å². The molecule has 114 valence electrons. The molecule has 1 N–H and O–H groups in total. The number of nitrogens with one attached hydrogen (secondary N) is 1. The molecule has 1 fully saturated rings. The van der Waals surface area contributed by atoms with Crippen LogP contribution in [0.5, 0.6) is 0 Å². The Hall–Kier alpha value is -2.17. The zero-order valence-electron chi connectivity index (χ0n) is 12.6. The maximum atomic E-state index is 12.8. The van der Waals surface area contributed by atoms with Gasteiger partial charge in [0.25, 0.3) is 5.91 Å². The van der Waals surface area contributed by atoms with Crippen molar-refractivity contribution in [3.63, 3.8) is 0 Å². The lowest BCUT2D eigenvalue weighted by atomic mass is 9.95. The molecule has 0 bridgehead atoms. The zero-order valence-corrected chi connectivity index (χ0v) is 12.6. The molecule has 0 spiro atoms. The minimum atomic E-state index is -0.389. The van der Waals surface area contributed by atoms with Crippen LogP contribution in [-0.2, 0) is 22.6 Å². The van der Waals surface area contributed by atoms with E-state index in [4.69, 9.17) is 0 Å². The summed E-state index contributed by atoms with van der Waals surface area (Å²) < 4.78 is 0. The van der Waals surface area contributed by atoms with E-state index in [1.165, 1.54) is 0 Å². The average Bonchev–Trinajstić information content (AvgIpc) is 3.21. The smallest absolute Gasteiger partial charge is 0.255 e. The van der Waals surface area contributed by atoms with Crippen molar-refractivity contribution in [1.82, 2.24) is 15.2 Å². The van der Waals surface area contributed by atoms with Gasteiger partial charge >= 0.3 is 0 Å². The molecule has 5 heteroatoms. The highest BCUT2D eigenvalue weighted by Gasteiger charge is 2.39. The van der Waals surface area contributed by atoms with Crippen molar-refractivity contribution in [2.45, 2.75) is 51.2 Å². The monoisotopic (exact) mass is 297 g/mol. The topological polar surface area (TPSA) is 62.3 Å². The van der Waals surface area contributed by atoms with Crippen LogP contribution < -0.4 is 5.32 Å². The number of pyridine rings is 1. The Bertz CT molecular complexity index is 691. The Morgan fingerprint density at radius 3 is 3.05 bits per heavy atom. The van der Waals surface area contributed by atoms with Crippen LogP contribution in [-0.4, -0.2) is 33.8 Å². The van der Waals surface area contributed by atoms with Crippen LogP contribution in [0.25, 0.3) is 5.57 Å². The summed E-state index contributed by atoms with van der Waals surface area (Å²) in [4.78, 5) is 31.3. The molecule has 3 aliphatic rings. The lowest BCUT2D eigenvalue weighted by molar-refractivity contribution is -0.137. The number of aromatic nitrogens is 1. The molecule has 22 heavy (non-hydrogen) atoms. The summed E-state index contributed by atoms with van der Waals surface area (Å²) in [6, 6.07) is 1.89. The van der Waals surface area contributed by atoms with E-state index in [1.807, 2.05) is 19.1 Å². The first kappa shape index (κ1) is 13.5. The van der Waals surface area contributed by atoms with Gasteiger partial charge in [-0.05, 0) is 30.9 Å². The van der Waals surface area contributed by atoms with Crippen LogP contribution in [0.2, 0.25) is 0 Å².